The average molecular weight is 284 g/mol. The molecule has 3 nitrogen and oxygen atoms in total. The average Bonchev–Trinajstić information content (AvgIpc) is 2.47. The number of likely N-dealkylation sites (N-methyl/N-ethyl adjacent to an activating group) is 1. The van der Waals surface area contributed by atoms with E-state index in [2.05, 4.69) is 72.8 Å². The molecule has 120 valence electrons. The van der Waals surface area contributed by atoms with Crippen LogP contribution in [0.4, 0.5) is 0 Å². The minimum absolute atomic E-state index is 0.0251. The summed E-state index contributed by atoms with van der Waals surface area (Å²) in [5, 5.41) is 3.80. The standard InChI is InChI=1S/C17H36N2O/c1-10-11-18-14(16(4,5)19(8)9)13-12-15(2,3)20-17(13,6)7/h13-14,18H,10-12H2,1-9H3. The molecule has 1 saturated heterocycles. The van der Waals surface area contributed by atoms with E-state index in [1.807, 2.05) is 0 Å². The molecule has 0 aromatic rings. The lowest BCUT2D eigenvalue weighted by Gasteiger charge is -2.46. The van der Waals surface area contributed by atoms with Gasteiger partial charge in [0.2, 0.25) is 0 Å². The Balaban J connectivity index is 3.05. The molecule has 1 aliphatic heterocycles. The van der Waals surface area contributed by atoms with E-state index in [9.17, 15) is 0 Å². The second kappa shape index (κ2) is 5.94. The third-order valence-corrected chi connectivity index (χ3v) is 5.07. The van der Waals surface area contributed by atoms with Crippen LogP contribution in [0.2, 0.25) is 0 Å². The molecule has 0 amide bonds. The second-order valence-corrected chi connectivity index (χ2v) is 8.26. The van der Waals surface area contributed by atoms with Crippen LogP contribution in [0.5, 0.6) is 0 Å². The van der Waals surface area contributed by atoms with Crippen LogP contribution in [0.3, 0.4) is 0 Å². The Hall–Kier alpha value is -0.120. The van der Waals surface area contributed by atoms with Gasteiger partial charge in [0, 0.05) is 17.5 Å². The molecule has 1 aliphatic rings. The normalized spacial score (nSPS) is 27.0. The number of hydrogen-bond donors (Lipinski definition) is 1. The van der Waals surface area contributed by atoms with Crippen molar-refractivity contribution in [1.82, 2.24) is 10.2 Å². The van der Waals surface area contributed by atoms with Crippen LogP contribution in [0, 0.1) is 5.92 Å². The molecule has 0 saturated carbocycles. The zero-order chi connectivity index (χ0) is 15.8. The van der Waals surface area contributed by atoms with Gasteiger partial charge in [-0.2, -0.15) is 0 Å². The summed E-state index contributed by atoms with van der Waals surface area (Å²) in [6, 6.07) is 0.425. The van der Waals surface area contributed by atoms with Crippen molar-refractivity contribution >= 4 is 0 Å². The number of nitrogens with zero attached hydrogens (tertiary/aromatic N) is 1. The van der Waals surface area contributed by atoms with Crippen LogP contribution in [-0.4, -0.2) is 48.3 Å². The molecule has 0 spiro atoms. The van der Waals surface area contributed by atoms with E-state index in [1.54, 1.807) is 0 Å². The lowest BCUT2D eigenvalue weighted by atomic mass is 9.74. The first kappa shape index (κ1) is 17.9. The zero-order valence-corrected chi connectivity index (χ0v) is 15.1. The highest BCUT2D eigenvalue weighted by Gasteiger charge is 2.52. The van der Waals surface area contributed by atoms with E-state index in [1.165, 1.54) is 0 Å². The summed E-state index contributed by atoms with van der Waals surface area (Å²) in [6.07, 6.45) is 2.27. The van der Waals surface area contributed by atoms with E-state index in [0.717, 1.165) is 19.4 Å². The van der Waals surface area contributed by atoms with Gasteiger partial charge in [0.05, 0.1) is 11.2 Å². The van der Waals surface area contributed by atoms with Gasteiger partial charge in [0.1, 0.15) is 0 Å². The van der Waals surface area contributed by atoms with E-state index in [-0.39, 0.29) is 16.7 Å². The topological polar surface area (TPSA) is 24.5 Å². The number of nitrogens with one attached hydrogen (secondary N) is 1. The lowest BCUT2D eigenvalue weighted by molar-refractivity contribution is -0.0830. The first-order valence-corrected chi connectivity index (χ1v) is 8.05. The van der Waals surface area contributed by atoms with Crippen molar-refractivity contribution in [2.75, 3.05) is 20.6 Å². The molecule has 0 bridgehead atoms. The molecule has 1 heterocycles. The first-order chi connectivity index (χ1) is 8.94. The monoisotopic (exact) mass is 284 g/mol. The van der Waals surface area contributed by atoms with E-state index >= 15 is 0 Å². The van der Waals surface area contributed by atoms with E-state index in [4.69, 9.17) is 4.74 Å². The zero-order valence-electron chi connectivity index (χ0n) is 15.1. The predicted molar refractivity (Wildman–Crippen MR) is 87.2 cm³/mol. The van der Waals surface area contributed by atoms with E-state index in [0.29, 0.717) is 12.0 Å². The van der Waals surface area contributed by atoms with E-state index < -0.39 is 0 Å². The van der Waals surface area contributed by atoms with Crippen LogP contribution in [0.15, 0.2) is 0 Å². The molecule has 20 heavy (non-hydrogen) atoms. The van der Waals surface area contributed by atoms with Crippen LogP contribution >= 0.6 is 0 Å². The molecular weight excluding hydrogens is 248 g/mol. The Bertz CT molecular complexity index is 321. The summed E-state index contributed by atoms with van der Waals surface area (Å²) in [4.78, 5) is 2.34. The van der Waals surface area contributed by atoms with Gasteiger partial charge in [-0.25, -0.2) is 0 Å². The number of rotatable bonds is 6. The fraction of sp³-hybridized carbons (Fsp3) is 1.00. The molecule has 1 N–H and O–H groups in total. The highest BCUT2D eigenvalue weighted by Crippen LogP contribution is 2.46. The molecule has 0 aliphatic carbocycles. The minimum atomic E-state index is -0.0812. The summed E-state index contributed by atoms with van der Waals surface area (Å²) >= 11 is 0. The Morgan fingerprint density at radius 2 is 1.80 bits per heavy atom. The second-order valence-electron chi connectivity index (χ2n) is 8.26. The fourth-order valence-electron chi connectivity index (χ4n) is 3.59. The van der Waals surface area contributed by atoms with Gasteiger partial charge in [-0.15, -0.1) is 0 Å². The van der Waals surface area contributed by atoms with Crippen molar-refractivity contribution in [2.45, 2.75) is 84.1 Å². The van der Waals surface area contributed by atoms with Crippen LogP contribution in [-0.2, 0) is 4.74 Å². The SMILES string of the molecule is CCCNC(C1CC(C)(C)OC1(C)C)C(C)(C)N(C)C. The number of ether oxygens (including phenoxy) is 1. The molecule has 1 fully saturated rings. The maximum absolute atomic E-state index is 6.33. The molecule has 0 aromatic heterocycles. The molecular formula is C17H36N2O. The van der Waals surface area contributed by atoms with Gasteiger partial charge < -0.3 is 15.0 Å². The molecule has 2 atom stereocenters. The third-order valence-electron chi connectivity index (χ3n) is 5.07. The summed E-state index contributed by atoms with van der Waals surface area (Å²) in [6.45, 7) is 16.9. The highest BCUT2D eigenvalue weighted by atomic mass is 16.5. The Morgan fingerprint density at radius 3 is 2.15 bits per heavy atom. The van der Waals surface area contributed by atoms with Crippen LogP contribution in [0.1, 0.15) is 61.3 Å². The largest absolute Gasteiger partial charge is 0.369 e. The molecule has 1 rings (SSSR count). The number of hydrogen-bond acceptors (Lipinski definition) is 3. The maximum Gasteiger partial charge on any atom is 0.0678 e. The smallest absolute Gasteiger partial charge is 0.0678 e. The van der Waals surface area contributed by atoms with Crippen molar-refractivity contribution in [3.63, 3.8) is 0 Å². The predicted octanol–water partition coefficient (Wildman–Crippen LogP) is 3.29. The van der Waals surface area contributed by atoms with Crippen molar-refractivity contribution in [3.05, 3.63) is 0 Å². The molecule has 0 aromatic carbocycles. The van der Waals surface area contributed by atoms with Crippen LogP contribution < -0.4 is 5.32 Å². The van der Waals surface area contributed by atoms with Gasteiger partial charge in [-0.05, 0) is 75.0 Å². The fourth-order valence-corrected chi connectivity index (χ4v) is 3.59. The van der Waals surface area contributed by atoms with Crippen LogP contribution in [0.25, 0.3) is 0 Å². The molecule has 0 radical (unpaired) electrons. The lowest BCUT2D eigenvalue weighted by Crippen LogP contribution is -2.61. The van der Waals surface area contributed by atoms with Crippen molar-refractivity contribution in [1.29, 1.82) is 0 Å². The van der Waals surface area contributed by atoms with Gasteiger partial charge in [0.15, 0.2) is 0 Å². The Morgan fingerprint density at radius 1 is 1.25 bits per heavy atom. The van der Waals surface area contributed by atoms with Crippen molar-refractivity contribution < 1.29 is 4.74 Å². The summed E-state index contributed by atoms with van der Waals surface area (Å²) in [7, 11) is 4.35. The summed E-state index contributed by atoms with van der Waals surface area (Å²) < 4.78 is 6.33. The van der Waals surface area contributed by atoms with Gasteiger partial charge in [-0.3, -0.25) is 0 Å². The first-order valence-electron chi connectivity index (χ1n) is 8.05. The van der Waals surface area contributed by atoms with Gasteiger partial charge in [-0.1, -0.05) is 6.92 Å². The minimum Gasteiger partial charge on any atom is -0.369 e. The van der Waals surface area contributed by atoms with Crippen molar-refractivity contribution in [2.24, 2.45) is 5.92 Å². The quantitative estimate of drug-likeness (QED) is 0.810. The van der Waals surface area contributed by atoms with Gasteiger partial charge >= 0.3 is 0 Å². The van der Waals surface area contributed by atoms with Gasteiger partial charge in [0.25, 0.3) is 0 Å². The maximum atomic E-state index is 6.33. The Kier molecular flexibility index (Phi) is 5.32. The third kappa shape index (κ3) is 3.75. The summed E-state index contributed by atoms with van der Waals surface area (Å²) in [5.74, 6) is 0.515. The molecule has 2 unspecified atom stereocenters. The highest BCUT2D eigenvalue weighted by molar-refractivity contribution is 5.06. The molecule has 3 heteroatoms. The summed E-state index contributed by atoms with van der Waals surface area (Å²) in [5.41, 5.74) is -0.00816. The van der Waals surface area contributed by atoms with Crippen molar-refractivity contribution in [3.8, 4) is 0 Å². The Labute approximate surface area is 126 Å².